The Kier molecular flexibility index (Phi) is 4.62. The number of hydrogen-bond acceptors (Lipinski definition) is 4. The fourth-order valence-corrected chi connectivity index (χ4v) is 3.89. The van der Waals surface area contributed by atoms with Crippen LogP contribution < -0.4 is 5.73 Å². The number of ether oxygens (including phenoxy) is 1. The maximum absolute atomic E-state index is 13.3. The molecule has 0 aromatic heterocycles. The normalized spacial score (nSPS) is 18.3. The lowest BCUT2D eigenvalue weighted by Crippen LogP contribution is -2.40. The van der Waals surface area contributed by atoms with E-state index in [-0.39, 0.29) is 16.7 Å². The summed E-state index contributed by atoms with van der Waals surface area (Å²) in [5, 5.41) is 0. The minimum atomic E-state index is -3.69. The number of nitrogen functional groups attached to an aromatic ring is 1. The molecule has 112 valence electrons. The summed E-state index contributed by atoms with van der Waals surface area (Å²) in [4.78, 5) is -0.0927. The van der Waals surface area contributed by atoms with E-state index in [1.54, 1.807) is 0 Å². The highest BCUT2D eigenvalue weighted by Gasteiger charge is 2.30. The van der Waals surface area contributed by atoms with Crippen LogP contribution in [0.5, 0.6) is 0 Å². The van der Waals surface area contributed by atoms with E-state index < -0.39 is 15.8 Å². The van der Waals surface area contributed by atoms with Crippen molar-refractivity contribution in [2.75, 3.05) is 25.4 Å². The summed E-state index contributed by atoms with van der Waals surface area (Å²) < 4.78 is 45.0. The van der Waals surface area contributed by atoms with Crippen LogP contribution in [0.25, 0.3) is 0 Å². The van der Waals surface area contributed by atoms with Crippen molar-refractivity contribution in [1.29, 1.82) is 0 Å². The van der Waals surface area contributed by atoms with Gasteiger partial charge in [-0.05, 0) is 38.0 Å². The molecule has 1 fully saturated rings. The van der Waals surface area contributed by atoms with Gasteiger partial charge in [-0.1, -0.05) is 0 Å². The second-order valence-corrected chi connectivity index (χ2v) is 6.72. The van der Waals surface area contributed by atoms with Gasteiger partial charge in [0.1, 0.15) is 5.82 Å². The monoisotopic (exact) mass is 302 g/mol. The minimum absolute atomic E-state index is 0.0927. The maximum Gasteiger partial charge on any atom is 0.243 e. The van der Waals surface area contributed by atoms with Crippen LogP contribution in [-0.4, -0.2) is 38.5 Å². The van der Waals surface area contributed by atoms with Crippen molar-refractivity contribution >= 4 is 15.7 Å². The highest BCUT2D eigenvalue weighted by atomic mass is 32.2. The first kappa shape index (κ1) is 15.2. The predicted octanol–water partition coefficient (Wildman–Crippen LogP) is 1.60. The first-order valence-corrected chi connectivity index (χ1v) is 8.05. The third kappa shape index (κ3) is 3.28. The number of anilines is 1. The molecule has 20 heavy (non-hydrogen) atoms. The smallest absolute Gasteiger partial charge is 0.243 e. The second kappa shape index (κ2) is 6.07. The maximum atomic E-state index is 13.3. The highest BCUT2D eigenvalue weighted by molar-refractivity contribution is 7.89. The molecular weight excluding hydrogens is 283 g/mol. The van der Waals surface area contributed by atoms with Crippen LogP contribution >= 0.6 is 0 Å². The topological polar surface area (TPSA) is 72.6 Å². The van der Waals surface area contributed by atoms with Crippen LogP contribution in [0.4, 0.5) is 10.1 Å². The minimum Gasteiger partial charge on any atom is -0.399 e. The Labute approximate surface area is 118 Å². The van der Waals surface area contributed by atoms with Crippen molar-refractivity contribution in [3.63, 3.8) is 0 Å². The van der Waals surface area contributed by atoms with Gasteiger partial charge in [0.05, 0.1) is 11.0 Å². The van der Waals surface area contributed by atoms with Crippen LogP contribution in [0.2, 0.25) is 0 Å². The number of sulfonamides is 1. The van der Waals surface area contributed by atoms with Crippen LogP contribution in [0.1, 0.15) is 19.8 Å². The van der Waals surface area contributed by atoms with Gasteiger partial charge in [0.2, 0.25) is 10.0 Å². The average Bonchev–Trinajstić information content (AvgIpc) is 2.38. The van der Waals surface area contributed by atoms with E-state index in [9.17, 15) is 12.8 Å². The molecule has 0 amide bonds. The Hall–Kier alpha value is -1.18. The Morgan fingerprint density at radius 2 is 2.00 bits per heavy atom. The highest BCUT2D eigenvalue weighted by Crippen LogP contribution is 2.24. The molecule has 0 unspecified atom stereocenters. The number of nitrogens with zero attached hydrogens (tertiary/aromatic N) is 1. The van der Waals surface area contributed by atoms with Gasteiger partial charge in [0.15, 0.2) is 0 Å². The van der Waals surface area contributed by atoms with Crippen LogP contribution in [0.3, 0.4) is 0 Å². The number of hydrogen-bond donors (Lipinski definition) is 1. The molecule has 7 heteroatoms. The lowest BCUT2D eigenvalue weighted by molar-refractivity contribution is 0.0290. The van der Waals surface area contributed by atoms with E-state index in [2.05, 4.69) is 0 Å². The van der Waals surface area contributed by atoms with Gasteiger partial charge in [0, 0.05) is 25.4 Å². The van der Waals surface area contributed by atoms with Gasteiger partial charge in [-0.25, -0.2) is 12.8 Å². The summed E-state index contributed by atoms with van der Waals surface area (Å²) in [7, 11) is -3.69. The third-order valence-corrected chi connectivity index (χ3v) is 5.21. The van der Waals surface area contributed by atoms with Crippen molar-refractivity contribution in [3.8, 4) is 0 Å². The molecule has 0 atom stereocenters. The van der Waals surface area contributed by atoms with Crippen molar-refractivity contribution < 1.29 is 17.5 Å². The summed E-state index contributed by atoms with van der Waals surface area (Å²) in [5.41, 5.74) is 5.61. The molecule has 2 N–H and O–H groups in total. The Morgan fingerprint density at radius 3 is 2.55 bits per heavy atom. The molecule has 2 rings (SSSR count). The fourth-order valence-electron chi connectivity index (χ4n) is 2.36. The first-order chi connectivity index (χ1) is 9.43. The third-order valence-electron chi connectivity index (χ3n) is 3.33. The summed E-state index contributed by atoms with van der Waals surface area (Å²) in [6, 6.07) is 3.38. The Morgan fingerprint density at radius 1 is 1.35 bits per heavy atom. The van der Waals surface area contributed by atoms with Gasteiger partial charge in [-0.2, -0.15) is 4.31 Å². The first-order valence-electron chi connectivity index (χ1n) is 6.61. The second-order valence-electron chi connectivity index (χ2n) is 4.78. The zero-order valence-electron chi connectivity index (χ0n) is 11.4. The molecule has 1 heterocycles. The number of piperidine rings is 1. The van der Waals surface area contributed by atoms with E-state index >= 15 is 0 Å². The zero-order chi connectivity index (χ0) is 14.8. The standard InChI is InChI=1S/C13H19FN2O3S/c1-2-19-12-3-5-16(6-4-12)20(17,18)13-8-10(14)7-11(15)9-13/h7-9,12H,2-6,15H2,1H3. The van der Waals surface area contributed by atoms with E-state index in [0.717, 1.165) is 12.1 Å². The van der Waals surface area contributed by atoms with Crippen molar-refractivity contribution in [2.45, 2.75) is 30.8 Å². The van der Waals surface area contributed by atoms with Gasteiger partial charge >= 0.3 is 0 Å². The molecule has 0 bridgehead atoms. The largest absolute Gasteiger partial charge is 0.399 e. The summed E-state index contributed by atoms with van der Waals surface area (Å²) in [6.07, 6.45) is 1.40. The lowest BCUT2D eigenvalue weighted by Gasteiger charge is -2.31. The molecule has 0 aliphatic carbocycles. The molecular formula is C13H19FN2O3S. The number of halogens is 1. The SMILES string of the molecule is CCOC1CCN(S(=O)(=O)c2cc(N)cc(F)c2)CC1. The lowest BCUT2D eigenvalue weighted by atomic mass is 10.1. The van der Waals surface area contributed by atoms with Gasteiger partial charge in [-0.15, -0.1) is 0 Å². The molecule has 1 aliphatic heterocycles. The number of rotatable bonds is 4. The summed E-state index contributed by atoms with van der Waals surface area (Å²) in [6.45, 7) is 3.29. The molecule has 1 aliphatic rings. The predicted molar refractivity (Wildman–Crippen MR) is 74.2 cm³/mol. The molecule has 0 radical (unpaired) electrons. The van der Waals surface area contributed by atoms with E-state index in [0.29, 0.717) is 32.5 Å². The van der Waals surface area contributed by atoms with Gasteiger partial charge in [0.25, 0.3) is 0 Å². The van der Waals surface area contributed by atoms with Crippen LogP contribution in [0.15, 0.2) is 23.1 Å². The molecule has 1 saturated heterocycles. The molecule has 0 spiro atoms. The average molecular weight is 302 g/mol. The fraction of sp³-hybridized carbons (Fsp3) is 0.538. The Balaban J connectivity index is 2.15. The molecule has 1 aromatic carbocycles. The van der Waals surface area contributed by atoms with Gasteiger partial charge in [-0.3, -0.25) is 0 Å². The zero-order valence-corrected chi connectivity index (χ0v) is 12.2. The Bertz CT molecular complexity index is 549. The van der Waals surface area contributed by atoms with Gasteiger partial charge < -0.3 is 10.5 Å². The van der Waals surface area contributed by atoms with E-state index in [1.807, 2.05) is 6.92 Å². The summed E-state index contributed by atoms with van der Waals surface area (Å²) >= 11 is 0. The van der Waals surface area contributed by atoms with Crippen LogP contribution in [0, 0.1) is 5.82 Å². The molecule has 0 saturated carbocycles. The number of nitrogens with two attached hydrogens (primary N) is 1. The number of benzene rings is 1. The van der Waals surface area contributed by atoms with Crippen LogP contribution in [-0.2, 0) is 14.8 Å². The quantitative estimate of drug-likeness (QED) is 0.857. The van der Waals surface area contributed by atoms with E-state index in [1.165, 1.54) is 10.4 Å². The van der Waals surface area contributed by atoms with Crippen molar-refractivity contribution in [3.05, 3.63) is 24.0 Å². The molecule has 1 aromatic rings. The van der Waals surface area contributed by atoms with E-state index in [4.69, 9.17) is 10.5 Å². The summed E-state index contributed by atoms with van der Waals surface area (Å²) in [5.74, 6) is -0.646. The molecule has 5 nitrogen and oxygen atoms in total. The van der Waals surface area contributed by atoms with Crippen molar-refractivity contribution in [2.24, 2.45) is 0 Å². The van der Waals surface area contributed by atoms with Crippen molar-refractivity contribution in [1.82, 2.24) is 4.31 Å².